The number of carbonyl (C=O) groups excluding carboxylic acids is 1. The Balaban J connectivity index is 2.33. The van der Waals surface area contributed by atoms with Crippen molar-refractivity contribution in [2.24, 2.45) is 5.92 Å². The smallest absolute Gasteiger partial charge is 0.231 e. The van der Waals surface area contributed by atoms with Crippen molar-refractivity contribution in [3.8, 4) is 0 Å². The lowest BCUT2D eigenvalue weighted by Gasteiger charge is -2.30. The van der Waals surface area contributed by atoms with Crippen LogP contribution in [0.2, 0.25) is 5.02 Å². The largest absolute Gasteiger partial charge is 0.316 e. The summed E-state index contributed by atoms with van der Waals surface area (Å²) in [4.78, 5) is 14.3. The summed E-state index contributed by atoms with van der Waals surface area (Å²) < 4.78 is 0. The van der Waals surface area contributed by atoms with E-state index in [9.17, 15) is 4.79 Å². The number of anilines is 1. The maximum atomic E-state index is 12.4. The van der Waals surface area contributed by atoms with E-state index in [2.05, 4.69) is 5.32 Å². The van der Waals surface area contributed by atoms with Crippen LogP contribution in [0.4, 0.5) is 5.69 Å². The standard InChI is InChI=1S/C14H19ClN2O/c1-10-4-5-12(15)8-13(10)17-7-3-6-16-9-11(2)14(17)18/h4-5,8,11,16H,3,6-7,9H2,1-2H3. The number of rotatable bonds is 1. The second-order valence-corrected chi connectivity index (χ2v) is 5.32. The van der Waals surface area contributed by atoms with E-state index >= 15 is 0 Å². The van der Waals surface area contributed by atoms with Gasteiger partial charge in [0, 0.05) is 29.7 Å². The van der Waals surface area contributed by atoms with Crippen LogP contribution in [0.1, 0.15) is 18.9 Å². The van der Waals surface area contributed by atoms with Crippen molar-refractivity contribution in [3.05, 3.63) is 28.8 Å². The molecule has 1 amide bonds. The van der Waals surface area contributed by atoms with Crippen molar-refractivity contribution < 1.29 is 4.79 Å². The number of benzene rings is 1. The Kier molecular flexibility index (Phi) is 4.25. The van der Waals surface area contributed by atoms with Crippen molar-refractivity contribution in [2.75, 3.05) is 24.5 Å². The van der Waals surface area contributed by atoms with Crippen LogP contribution >= 0.6 is 11.6 Å². The zero-order valence-corrected chi connectivity index (χ0v) is 11.6. The molecule has 1 saturated heterocycles. The fourth-order valence-corrected chi connectivity index (χ4v) is 2.42. The molecule has 1 N–H and O–H groups in total. The van der Waals surface area contributed by atoms with Crippen molar-refractivity contribution in [3.63, 3.8) is 0 Å². The van der Waals surface area contributed by atoms with Gasteiger partial charge in [-0.1, -0.05) is 24.6 Å². The summed E-state index contributed by atoms with van der Waals surface area (Å²) in [5, 5.41) is 3.97. The molecular formula is C14H19ClN2O. The SMILES string of the molecule is Cc1ccc(Cl)cc1N1CCCNCC(C)C1=O. The normalized spacial score (nSPS) is 21.6. The van der Waals surface area contributed by atoms with Crippen LogP contribution in [0.3, 0.4) is 0 Å². The van der Waals surface area contributed by atoms with Gasteiger partial charge in [-0.15, -0.1) is 0 Å². The third kappa shape index (κ3) is 2.85. The van der Waals surface area contributed by atoms with Gasteiger partial charge in [0.15, 0.2) is 0 Å². The molecule has 0 radical (unpaired) electrons. The van der Waals surface area contributed by atoms with E-state index in [-0.39, 0.29) is 11.8 Å². The zero-order chi connectivity index (χ0) is 13.1. The van der Waals surface area contributed by atoms with Crippen LogP contribution in [0.5, 0.6) is 0 Å². The summed E-state index contributed by atoms with van der Waals surface area (Å²) in [7, 11) is 0. The lowest BCUT2D eigenvalue weighted by molar-refractivity contribution is -0.122. The molecule has 1 aromatic carbocycles. The Bertz CT molecular complexity index is 447. The molecule has 0 saturated carbocycles. The van der Waals surface area contributed by atoms with Crippen molar-refractivity contribution >= 4 is 23.2 Å². The molecule has 1 fully saturated rings. The maximum absolute atomic E-state index is 12.4. The first-order chi connectivity index (χ1) is 8.59. The molecule has 18 heavy (non-hydrogen) atoms. The van der Waals surface area contributed by atoms with Crippen LogP contribution in [0, 0.1) is 12.8 Å². The number of hydrogen-bond acceptors (Lipinski definition) is 2. The number of nitrogens with one attached hydrogen (secondary N) is 1. The molecule has 0 aromatic heterocycles. The first-order valence-corrected chi connectivity index (χ1v) is 6.75. The summed E-state index contributed by atoms with van der Waals surface area (Å²) in [6, 6.07) is 5.71. The molecular weight excluding hydrogens is 248 g/mol. The minimum Gasteiger partial charge on any atom is -0.316 e. The zero-order valence-electron chi connectivity index (χ0n) is 10.9. The molecule has 2 rings (SSSR count). The minimum absolute atomic E-state index is 0.00341. The fraction of sp³-hybridized carbons (Fsp3) is 0.500. The lowest BCUT2D eigenvalue weighted by atomic mass is 10.1. The quantitative estimate of drug-likeness (QED) is 0.848. The molecule has 1 aliphatic rings. The molecule has 1 atom stereocenters. The number of halogens is 1. The predicted octanol–water partition coefficient (Wildman–Crippen LogP) is 2.61. The molecule has 4 heteroatoms. The Morgan fingerprint density at radius 2 is 2.22 bits per heavy atom. The molecule has 0 spiro atoms. The summed E-state index contributed by atoms with van der Waals surface area (Å²) in [5.41, 5.74) is 2.04. The Morgan fingerprint density at radius 3 is 3.00 bits per heavy atom. The fourth-order valence-electron chi connectivity index (χ4n) is 2.26. The van der Waals surface area contributed by atoms with Crippen molar-refractivity contribution in [2.45, 2.75) is 20.3 Å². The van der Waals surface area contributed by atoms with Gasteiger partial charge < -0.3 is 10.2 Å². The predicted molar refractivity (Wildman–Crippen MR) is 75.2 cm³/mol. The maximum Gasteiger partial charge on any atom is 0.231 e. The van der Waals surface area contributed by atoms with Gasteiger partial charge >= 0.3 is 0 Å². The van der Waals surface area contributed by atoms with Gasteiger partial charge in [0.1, 0.15) is 0 Å². The Labute approximate surface area is 113 Å². The van der Waals surface area contributed by atoms with Crippen LogP contribution in [-0.2, 0) is 4.79 Å². The average molecular weight is 267 g/mol. The molecule has 1 heterocycles. The molecule has 1 aliphatic heterocycles. The Hall–Kier alpha value is -1.06. The van der Waals surface area contributed by atoms with Gasteiger partial charge in [-0.3, -0.25) is 4.79 Å². The summed E-state index contributed by atoms with van der Waals surface area (Å²) in [5.74, 6) is 0.177. The third-order valence-electron chi connectivity index (χ3n) is 3.34. The number of nitrogens with zero attached hydrogens (tertiary/aromatic N) is 1. The highest BCUT2D eigenvalue weighted by atomic mass is 35.5. The van der Waals surface area contributed by atoms with Gasteiger partial charge in [0.05, 0.1) is 0 Å². The second-order valence-electron chi connectivity index (χ2n) is 4.88. The molecule has 1 unspecified atom stereocenters. The van der Waals surface area contributed by atoms with Gasteiger partial charge in [0.2, 0.25) is 5.91 Å². The first kappa shape index (κ1) is 13.4. The van der Waals surface area contributed by atoms with E-state index in [1.165, 1.54) is 0 Å². The molecule has 0 aliphatic carbocycles. The number of amides is 1. The van der Waals surface area contributed by atoms with Gasteiger partial charge in [-0.25, -0.2) is 0 Å². The highest BCUT2D eigenvalue weighted by Gasteiger charge is 2.24. The Morgan fingerprint density at radius 1 is 1.44 bits per heavy atom. The van der Waals surface area contributed by atoms with Gasteiger partial charge in [0.25, 0.3) is 0 Å². The summed E-state index contributed by atoms with van der Waals surface area (Å²) >= 11 is 6.04. The summed E-state index contributed by atoms with van der Waals surface area (Å²) in [6.45, 7) is 6.42. The number of carbonyl (C=O) groups is 1. The van der Waals surface area contributed by atoms with E-state index in [0.29, 0.717) is 5.02 Å². The van der Waals surface area contributed by atoms with Crippen molar-refractivity contribution in [1.82, 2.24) is 5.32 Å². The minimum atomic E-state index is 0.00341. The van der Waals surface area contributed by atoms with E-state index in [4.69, 9.17) is 11.6 Å². The third-order valence-corrected chi connectivity index (χ3v) is 3.57. The lowest BCUT2D eigenvalue weighted by Crippen LogP contribution is -2.43. The van der Waals surface area contributed by atoms with E-state index < -0.39 is 0 Å². The van der Waals surface area contributed by atoms with E-state index in [0.717, 1.165) is 37.3 Å². The monoisotopic (exact) mass is 266 g/mol. The van der Waals surface area contributed by atoms with Crippen LogP contribution in [0.15, 0.2) is 18.2 Å². The topological polar surface area (TPSA) is 32.3 Å². The van der Waals surface area contributed by atoms with Crippen molar-refractivity contribution in [1.29, 1.82) is 0 Å². The van der Waals surface area contributed by atoms with Crippen LogP contribution in [-0.4, -0.2) is 25.5 Å². The van der Waals surface area contributed by atoms with Crippen LogP contribution < -0.4 is 10.2 Å². The average Bonchev–Trinajstić information content (AvgIpc) is 2.34. The molecule has 1 aromatic rings. The van der Waals surface area contributed by atoms with E-state index in [1.54, 1.807) is 0 Å². The van der Waals surface area contributed by atoms with Gasteiger partial charge in [-0.05, 0) is 37.6 Å². The molecule has 0 bridgehead atoms. The van der Waals surface area contributed by atoms with E-state index in [1.807, 2.05) is 36.9 Å². The molecule has 98 valence electrons. The number of aryl methyl sites for hydroxylation is 1. The highest BCUT2D eigenvalue weighted by molar-refractivity contribution is 6.31. The summed E-state index contributed by atoms with van der Waals surface area (Å²) in [6.07, 6.45) is 0.963. The number of hydrogen-bond donors (Lipinski definition) is 1. The molecule has 3 nitrogen and oxygen atoms in total. The second kappa shape index (κ2) is 5.72. The first-order valence-electron chi connectivity index (χ1n) is 6.38. The van der Waals surface area contributed by atoms with Gasteiger partial charge in [-0.2, -0.15) is 0 Å². The van der Waals surface area contributed by atoms with Crippen LogP contribution in [0.25, 0.3) is 0 Å². The highest BCUT2D eigenvalue weighted by Crippen LogP contribution is 2.26.